The maximum atomic E-state index is 12.6. The molecule has 0 saturated heterocycles. The molecule has 0 unspecified atom stereocenters. The molecule has 0 bridgehead atoms. The number of ether oxygens (including phenoxy) is 1. The van der Waals surface area contributed by atoms with Gasteiger partial charge >= 0.3 is 0 Å². The number of carbonyl (C=O) groups is 1. The Bertz CT molecular complexity index is 920. The number of aliphatic hydroxyl groups excluding tert-OH is 1. The van der Waals surface area contributed by atoms with E-state index in [0.717, 1.165) is 16.6 Å². The maximum Gasteiger partial charge on any atom is 0.244 e. The smallest absolute Gasteiger partial charge is 0.244 e. The number of nitrogens with one attached hydrogen (secondary N) is 2. The summed E-state index contributed by atoms with van der Waals surface area (Å²) in [7, 11) is 1.57. The standard InChI is InChI=1S/C19H22N4O3/c1-13-7-8-17(26-2)15(11-13)21-18(25)12-23-16-6-4-3-5-14(16)22-19(23)20-9-10-24/h3-8,11,24H,9-10,12H2,1-2H3,(H,20,22)(H,21,25). The number of carbonyl (C=O) groups excluding carboxylic acids is 1. The number of imidazole rings is 1. The fourth-order valence-electron chi connectivity index (χ4n) is 2.79. The Labute approximate surface area is 151 Å². The Balaban J connectivity index is 1.86. The van der Waals surface area contributed by atoms with Crippen molar-refractivity contribution >= 4 is 28.6 Å². The van der Waals surface area contributed by atoms with Crippen LogP contribution in [0.3, 0.4) is 0 Å². The third-order valence-corrected chi connectivity index (χ3v) is 3.98. The molecule has 1 aromatic heterocycles. The van der Waals surface area contributed by atoms with Crippen molar-refractivity contribution in [1.82, 2.24) is 9.55 Å². The third kappa shape index (κ3) is 3.78. The number of fused-ring (bicyclic) bond motifs is 1. The van der Waals surface area contributed by atoms with E-state index in [1.54, 1.807) is 11.7 Å². The predicted molar refractivity (Wildman–Crippen MR) is 102 cm³/mol. The molecule has 7 nitrogen and oxygen atoms in total. The van der Waals surface area contributed by atoms with E-state index in [9.17, 15) is 4.79 Å². The Morgan fingerprint density at radius 3 is 2.85 bits per heavy atom. The molecule has 0 radical (unpaired) electrons. The van der Waals surface area contributed by atoms with Crippen LogP contribution in [0.15, 0.2) is 42.5 Å². The van der Waals surface area contributed by atoms with Crippen LogP contribution in [0.1, 0.15) is 5.56 Å². The van der Waals surface area contributed by atoms with Gasteiger partial charge in [-0.3, -0.25) is 4.79 Å². The van der Waals surface area contributed by atoms with Crippen LogP contribution in [0.2, 0.25) is 0 Å². The van der Waals surface area contributed by atoms with E-state index in [4.69, 9.17) is 9.84 Å². The number of hydrogen-bond donors (Lipinski definition) is 3. The Hall–Kier alpha value is -3.06. The van der Waals surface area contributed by atoms with Crippen LogP contribution < -0.4 is 15.4 Å². The Kier molecular flexibility index (Phi) is 5.38. The molecule has 0 fully saturated rings. The predicted octanol–water partition coefficient (Wildman–Crippen LogP) is 2.40. The molecular weight excluding hydrogens is 332 g/mol. The topological polar surface area (TPSA) is 88.4 Å². The molecule has 3 aromatic rings. The summed E-state index contributed by atoms with van der Waals surface area (Å²) in [5.74, 6) is 0.966. The first-order valence-electron chi connectivity index (χ1n) is 8.37. The maximum absolute atomic E-state index is 12.6. The van der Waals surface area contributed by atoms with Crippen molar-refractivity contribution in [3.8, 4) is 5.75 Å². The number of rotatable bonds is 7. The number of amides is 1. The molecule has 0 spiro atoms. The van der Waals surface area contributed by atoms with E-state index in [1.165, 1.54) is 0 Å². The van der Waals surface area contributed by atoms with E-state index in [0.29, 0.717) is 23.9 Å². The first-order valence-corrected chi connectivity index (χ1v) is 8.37. The van der Waals surface area contributed by atoms with Crippen LogP contribution in [-0.2, 0) is 11.3 Å². The number of anilines is 2. The molecule has 0 saturated carbocycles. The molecule has 2 aromatic carbocycles. The molecular formula is C19H22N4O3. The quantitative estimate of drug-likeness (QED) is 0.606. The molecule has 1 heterocycles. The van der Waals surface area contributed by atoms with E-state index < -0.39 is 0 Å². The number of para-hydroxylation sites is 2. The number of methoxy groups -OCH3 is 1. The summed E-state index contributed by atoms with van der Waals surface area (Å²) in [4.78, 5) is 17.1. The zero-order valence-corrected chi connectivity index (χ0v) is 14.8. The lowest BCUT2D eigenvalue weighted by Gasteiger charge is -2.13. The molecule has 0 aliphatic carbocycles. The van der Waals surface area contributed by atoms with Crippen LogP contribution in [0.25, 0.3) is 11.0 Å². The fourth-order valence-corrected chi connectivity index (χ4v) is 2.79. The molecule has 0 atom stereocenters. The van der Waals surface area contributed by atoms with Crippen molar-refractivity contribution in [1.29, 1.82) is 0 Å². The van der Waals surface area contributed by atoms with Crippen molar-refractivity contribution in [3.63, 3.8) is 0 Å². The van der Waals surface area contributed by atoms with Crippen molar-refractivity contribution in [2.24, 2.45) is 0 Å². The molecule has 1 amide bonds. The minimum Gasteiger partial charge on any atom is -0.495 e. The minimum atomic E-state index is -0.191. The average Bonchev–Trinajstić information content (AvgIpc) is 2.97. The van der Waals surface area contributed by atoms with Gasteiger partial charge in [0, 0.05) is 6.54 Å². The van der Waals surface area contributed by atoms with Gasteiger partial charge in [-0.05, 0) is 36.8 Å². The first-order chi connectivity index (χ1) is 12.6. The number of aromatic nitrogens is 2. The highest BCUT2D eigenvalue weighted by Crippen LogP contribution is 2.26. The normalized spacial score (nSPS) is 10.7. The Morgan fingerprint density at radius 2 is 2.08 bits per heavy atom. The van der Waals surface area contributed by atoms with Gasteiger partial charge in [0.1, 0.15) is 12.3 Å². The monoisotopic (exact) mass is 354 g/mol. The van der Waals surface area contributed by atoms with E-state index in [2.05, 4.69) is 15.6 Å². The summed E-state index contributed by atoms with van der Waals surface area (Å²) in [6, 6.07) is 13.2. The number of nitrogens with zero attached hydrogens (tertiary/aromatic N) is 2. The lowest BCUT2D eigenvalue weighted by Crippen LogP contribution is -2.21. The highest BCUT2D eigenvalue weighted by atomic mass is 16.5. The molecule has 136 valence electrons. The van der Waals surface area contributed by atoms with Crippen molar-refractivity contribution in [2.75, 3.05) is 30.9 Å². The SMILES string of the molecule is COc1ccc(C)cc1NC(=O)Cn1c(NCCO)nc2ccccc21. The zero-order valence-electron chi connectivity index (χ0n) is 14.8. The van der Waals surface area contributed by atoms with E-state index in [-0.39, 0.29) is 19.1 Å². The van der Waals surface area contributed by atoms with Crippen LogP contribution >= 0.6 is 0 Å². The first kappa shape index (κ1) is 17.8. The highest BCUT2D eigenvalue weighted by molar-refractivity contribution is 5.93. The van der Waals surface area contributed by atoms with Crippen molar-refractivity contribution in [2.45, 2.75) is 13.5 Å². The van der Waals surface area contributed by atoms with Gasteiger partial charge in [-0.1, -0.05) is 18.2 Å². The fraction of sp³-hybridized carbons (Fsp3) is 0.263. The van der Waals surface area contributed by atoms with Crippen molar-refractivity contribution in [3.05, 3.63) is 48.0 Å². The third-order valence-electron chi connectivity index (χ3n) is 3.98. The van der Waals surface area contributed by atoms with Crippen LogP contribution in [0.4, 0.5) is 11.6 Å². The van der Waals surface area contributed by atoms with Gasteiger partial charge in [0.15, 0.2) is 0 Å². The lowest BCUT2D eigenvalue weighted by molar-refractivity contribution is -0.116. The second kappa shape index (κ2) is 7.88. The summed E-state index contributed by atoms with van der Waals surface area (Å²) in [5.41, 5.74) is 3.29. The van der Waals surface area contributed by atoms with Gasteiger partial charge in [-0.2, -0.15) is 0 Å². The summed E-state index contributed by atoms with van der Waals surface area (Å²) in [6.45, 7) is 2.38. The van der Waals surface area contributed by atoms with Crippen LogP contribution in [0.5, 0.6) is 5.75 Å². The van der Waals surface area contributed by atoms with E-state index in [1.807, 2.05) is 49.4 Å². The Morgan fingerprint density at radius 1 is 1.27 bits per heavy atom. The summed E-state index contributed by atoms with van der Waals surface area (Å²) in [5, 5.41) is 15.0. The molecule has 7 heteroatoms. The highest BCUT2D eigenvalue weighted by Gasteiger charge is 2.14. The average molecular weight is 354 g/mol. The number of aliphatic hydroxyl groups is 1. The summed E-state index contributed by atoms with van der Waals surface area (Å²) >= 11 is 0. The molecule has 26 heavy (non-hydrogen) atoms. The number of aryl methyl sites for hydroxylation is 1. The summed E-state index contributed by atoms with van der Waals surface area (Å²) < 4.78 is 7.10. The van der Waals surface area contributed by atoms with Gasteiger partial charge in [-0.25, -0.2) is 4.98 Å². The number of hydrogen-bond acceptors (Lipinski definition) is 5. The second-order valence-corrected chi connectivity index (χ2v) is 5.91. The minimum absolute atomic E-state index is 0.0180. The van der Waals surface area contributed by atoms with Gasteiger partial charge in [0.25, 0.3) is 0 Å². The molecule has 0 aliphatic rings. The van der Waals surface area contributed by atoms with Gasteiger partial charge in [0.05, 0.1) is 30.4 Å². The van der Waals surface area contributed by atoms with Gasteiger partial charge < -0.3 is 25.0 Å². The summed E-state index contributed by atoms with van der Waals surface area (Å²) in [6.07, 6.45) is 0. The molecule has 3 N–H and O–H groups in total. The second-order valence-electron chi connectivity index (χ2n) is 5.91. The lowest BCUT2D eigenvalue weighted by atomic mass is 10.2. The van der Waals surface area contributed by atoms with Gasteiger partial charge in [0.2, 0.25) is 11.9 Å². The zero-order chi connectivity index (χ0) is 18.5. The largest absolute Gasteiger partial charge is 0.495 e. The molecule has 3 rings (SSSR count). The van der Waals surface area contributed by atoms with E-state index >= 15 is 0 Å². The molecule has 0 aliphatic heterocycles. The van der Waals surface area contributed by atoms with Crippen LogP contribution in [0, 0.1) is 6.92 Å². The van der Waals surface area contributed by atoms with Gasteiger partial charge in [-0.15, -0.1) is 0 Å². The van der Waals surface area contributed by atoms with Crippen molar-refractivity contribution < 1.29 is 14.6 Å². The van der Waals surface area contributed by atoms with Crippen LogP contribution in [-0.4, -0.2) is 40.8 Å². The number of benzene rings is 2.